The lowest BCUT2D eigenvalue weighted by Gasteiger charge is -2.30. The van der Waals surface area contributed by atoms with Gasteiger partial charge in [0.1, 0.15) is 12.1 Å². The zero-order valence-electron chi connectivity index (χ0n) is 17.8. The van der Waals surface area contributed by atoms with Crippen LogP contribution in [0.3, 0.4) is 0 Å². The quantitative estimate of drug-likeness (QED) is 0.588. The highest BCUT2D eigenvalue weighted by molar-refractivity contribution is 5.92. The molecule has 2 N–H and O–H groups in total. The minimum atomic E-state index is -1.12. The summed E-state index contributed by atoms with van der Waals surface area (Å²) in [6.45, 7) is 10.6. The van der Waals surface area contributed by atoms with Crippen LogP contribution in [0.5, 0.6) is 0 Å². The van der Waals surface area contributed by atoms with E-state index in [-0.39, 0.29) is 30.2 Å². The second-order valence-corrected chi connectivity index (χ2v) is 7.62. The van der Waals surface area contributed by atoms with Crippen LogP contribution in [-0.2, 0) is 19.2 Å². The van der Waals surface area contributed by atoms with E-state index in [0.29, 0.717) is 0 Å². The predicted octanol–water partition coefficient (Wildman–Crippen LogP) is 1.20. The Balaban J connectivity index is 5.02. The third kappa shape index (κ3) is 7.19. The summed E-state index contributed by atoms with van der Waals surface area (Å²) in [5.41, 5.74) is 0. The number of nitrogens with one attached hydrogen (secondary N) is 1. The molecule has 27 heavy (non-hydrogen) atoms. The lowest BCUT2D eigenvalue weighted by molar-refractivity contribution is -0.150. The molecular weight excluding hydrogens is 350 g/mol. The maximum absolute atomic E-state index is 12.6. The fourth-order valence-corrected chi connectivity index (χ4v) is 2.55. The summed E-state index contributed by atoms with van der Waals surface area (Å²) in [6, 6.07) is -1.86. The summed E-state index contributed by atoms with van der Waals surface area (Å²) in [7, 11) is 2.96. The van der Waals surface area contributed by atoms with Crippen LogP contribution in [0, 0.1) is 17.8 Å². The van der Waals surface area contributed by atoms with Crippen LogP contribution < -0.4 is 5.32 Å². The van der Waals surface area contributed by atoms with E-state index >= 15 is 0 Å². The van der Waals surface area contributed by atoms with Gasteiger partial charge in [-0.15, -0.1) is 0 Å². The van der Waals surface area contributed by atoms with Crippen LogP contribution in [0.2, 0.25) is 0 Å². The number of nitrogens with zero attached hydrogens (tertiary/aromatic N) is 2. The molecule has 0 saturated heterocycles. The smallest absolute Gasteiger partial charge is 0.326 e. The Morgan fingerprint density at radius 3 is 1.89 bits per heavy atom. The Morgan fingerprint density at radius 2 is 1.48 bits per heavy atom. The molecule has 156 valence electrons. The topological polar surface area (TPSA) is 107 Å². The third-order valence-electron chi connectivity index (χ3n) is 5.18. The van der Waals surface area contributed by atoms with Gasteiger partial charge >= 0.3 is 5.97 Å². The number of carbonyl (C=O) groups excluding carboxylic acids is 3. The maximum Gasteiger partial charge on any atom is 0.326 e. The van der Waals surface area contributed by atoms with Crippen LogP contribution >= 0.6 is 0 Å². The Bertz CT molecular complexity index is 549. The van der Waals surface area contributed by atoms with Gasteiger partial charge in [0.25, 0.3) is 0 Å². The van der Waals surface area contributed by atoms with Crippen LogP contribution in [-0.4, -0.2) is 71.3 Å². The summed E-state index contributed by atoms with van der Waals surface area (Å²) in [6.07, 6.45) is 0.866. The van der Waals surface area contributed by atoms with Crippen molar-refractivity contribution in [2.75, 3.05) is 20.6 Å². The number of aliphatic carboxylic acids is 1. The lowest BCUT2D eigenvalue weighted by atomic mass is 9.92. The normalized spacial score (nSPS) is 15.4. The van der Waals surface area contributed by atoms with Gasteiger partial charge in [-0.05, 0) is 18.8 Å². The van der Waals surface area contributed by atoms with Gasteiger partial charge in [0.2, 0.25) is 17.7 Å². The molecule has 0 aromatic carbocycles. The van der Waals surface area contributed by atoms with E-state index in [0.717, 1.165) is 11.3 Å². The van der Waals surface area contributed by atoms with Crippen molar-refractivity contribution >= 4 is 23.7 Å². The third-order valence-corrected chi connectivity index (χ3v) is 5.18. The number of hydrogen-bond donors (Lipinski definition) is 2. The van der Waals surface area contributed by atoms with Crippen LogP contribution in [0.4, 0.5) is 0 Å². The molecule has 0 rings (SSSR count). The molecule has 8 nitrogen and oxygen atoms in total. The first-order valence-electron chi connectivity index (χ1n) is 9.38. The lowest BCUT2D eigenvalue weighted by Crippen LogP contribution is -2.55. The number of carbonyl (C=O) groups is 4. The molecule has 0 spiro atoms. The molecule has 0 aromatic heterocycles. The molecule has 8 heteroatoms. The molecule has 4 unspecified atom stereocenters. The van der Waals surface area contributed by atoms with Crippen molar-refractivity contribution < 1.29 is 24.3 Å². The van der Waals surface area contributed by atoms with Gasteiger partial charge < -0.3 is 20.2 Å². The van der Waals surface area contributed by atoms with Crippen LogP contribution in [0.15, 0.2) is 0 Å². The van der Waals surface area contributed by atoms with Crippen molar-refractivity contribution in [3.8, 4) is 0 Å². The first-order valence-corrected chi connectivity index (χ1v) is 9.38. The molecule has 0 aliphatic rings. The Labute approximate surface area is 162 Å². The molecule has 3 amide bonds. The largest absolute Gasteiger partial charge is 0.480 e. The van der Waals surface area contributed by atoms with E-state index in [4.69, 9.17) is 5.11 Å². The SMILES string of the molecule is CCC(C)C(C)C(=O)N(C)CC(=O)NC(C(=O)N(C)C(C)C(=O)O)C(C)C. The molecule has 0 bridgehead atoms. The van der Waals surface area contributed by atoms with Crippen molar-refractivity contribution in [1.29, 1.82) is 0 Å². The molecule has 0 heterocycles. The van der Waals surface area contributed by atoms with E-state index in [1.807, 2.05) is 20.8 Å². The predicted molar refractivity (Wildman–Crippen MR) is 103 cm³/mol. The number of carboxylic acids is 1. The van der Waals surface area contributed by atoms with Crippen molar-refractivity contribution in [3.05, 3.63) is 0 Å². The number of amides is 3. The molecular formula is C19H35N3O5. The number of carboxylic acid groups (broad SMARTS) is 1. The number of hydrogen-bond acceptors (Lipinski definition) is 4. The minimum absolute atomic E-state index is 0.122. The van der Waals surface area contributed by atoms with E-state index in [1.165, 1.54) is 18.9 Å². The highest BCUT2D eigenvalue weighted by Gasteiger charge is 2.32. The van der Waals surface area contributed by atoms with Gasteiger partial charge in [-0.2, -0.15) is 0 Å². The van der Waals surface area contributed by atoms with E-state index < -0.39 is 29.9 Å². The molecule has 0 fully saturated rings. The molecule has 0 saturated carbocycles. The minimum Gasteiger partial charge on any atom is -0.480 e. The average molecular weight is 386 g/mol. The van der Waals surface area contributed by atoms with Crippen molar-refractivity contribution in [2.45, 2.75) is 60.0 Å². The first kappa shape index (κ1) is 24.9. The first-order chi connectivity index (χ1) is 12.3. The highest BCUT2D eigenvalue weighted by atomic mass is 16.4. The summed E-state index contributed by atoms with van der Waals surface area (Å²) in [5, 5.41) is 11.7. The van der Waals surface area contributed by atoms with Gasteiger partial charge in [0.05, 0.1) is 6.54 Å². The van der Waals surface area contributed by atoms with Gasteiger partial charge in [0.15, 0.2) is 0 Å². The van der Waals surface area contributed by atoms with E-state index in [9.17, 15) is 19.2 Å². The number of likely N-dealkylation sites (N-methyl/N-ethyl adjacent to an activating group) is 2. The highest BCUT2D eigenvalue weighted by Crippen LogP contribution is 2.16. The zero-order valence-corrected chi connectivity index (χ0v) is 17.8. The Morgan fingerprint density at radius 1 is 0.963 bits per heavy atom. The molecule has 0 radical (unpaired) electrons. The molecule has 0 aliphatic heterocycles. The summed E-state index contributed by atoms with van der Waals surface area (Å²) in [4.78, 5) is 50.9. The van der Waals surface area contributed by atoms with Crippen molar-refractivity contribution in [3.63, 3.8) is 0 Å². The summed E-state index contributed by atoms with van der Waals surface area (Å²) >= 11 is 0. The Hall–Kier alpha value is -2.12. The monoisotopic (exact) mass is 385 g/mol. The fraction of sp³-hybridized carbons (Fsp3) is 0.789. The van der Waals surface area contributed by atoms with Crippen molar-refractivity contribution in [1.82, 2.24) is 15.1 Å². The Kier molecular flexibility index (Phi) is 10.0. The van der Waals surface area contributed by atoms with E-state index in [2.05, 4.69) is 5.32 Å². The summed E-state index contributed by atoms with van der Waals surface area (Å²) in [5.74, 6) is -2.39. The second-order valence-electron chi connectivity index (χ2n) is 7.62. The van der Waals surface area contributed by atoms with Crippen LogP contribution in [0.25, 0.3) is 0 Å². The zero-order chi connectivity index (χ0) is 21.5. The number of rotatable bonds is 10. The maximum atomic E-state index is 12.6. The van der Waals surface area contributed by atoms with E-state index in [1.54, 1.807) is 20.9 Å². The molecule has 0 aromatic rings. The van der Waals surface area contributed by atoms with Gasteiger partial charge in [-0.25, -0.2) is 4.79 Å². The second kappa shape index (κ2) is 10.9. The van der Waals surface area contributed by atoms with Gasteiger partial charge in [-0.1, -0.05) is 41.0 Å². The van der Waals surface area contributed by atoms with Gasteiger partial charge in [0, 0.05) is 20.0 Å². The van der Waals surface area contributed by atoms with Crippen molar-refractivity contribution in [2.24, 2.45) is 17.8 Å². The van der Waals surface area contributed by atoms with Crippen LogP contribution in [0.1, 0.15) is 48.0 Å². The standard InChI is InChI=1S/C19H35N3O5/c1-9-12(4)13(5)17(24)21(7)10-15(23)20-16(11(2)3)18(25)22(8)14(6)19(26)27/h11-14,16H,9-10H2,1-8H3,(H,20,23)(H,26,27). The molecule has 4 atom stereocenters. The average Bonchev–Trinajstić information content (AvgIpc) is 2.61. The summed E-state index contributed by atoms with van der Waals surface area (Å²) < 4.78 is 0. The fourth-order valence-electron chi connectivity index (χ4n) is 2.55. The van der Waals surface area contributed by atoms with Gasteiger partial charge in [-0.3, -0.25) is 14.4 Å². The molecule has 0 aliphatic carbocycles.